The fraction of sp³-hybridized carbons (Fsp3) is 0.0233. The third-order valence-electron chi connectivity index (χ3n) is 11.6. The first-order chi connectivity index (χ1) is 29.2. The van der Waals surface area contributed by atoms with E-state index in [1.807, 2.05) is 72.8 Å². The molecule has 1 aliphatic heterocycles. The Balaban J connectivity index is 1.35. The van der Waals surface area contributed by atoms with Gasteiger partial charge in [-0.2, -0.15) is 0 Å². The van der Waals surface area contributed by atoms with Gasteiger partial charge in [0.1, 0.15) is 136 Å². The minimum atomic E-state index is -1.11. The second-order valence-corrected chi connectivity index (χ2v) is 14.9. The van der Waals surface area contributed by atoms with Crippen LogP contribution in [0.2, 0.25) is 0 Å². The quantitative estimate of drug-likeness (QED) is 0.184. The van der Waals surface area contributed by atoms with Crippen LogP contribution < -0.4 is 76.3 Å². The molecule has 1 N–H and O–H groups in total. The number of benzene rings is 7. The number of aliphatic imine (C=N–C) groups is 2. The topological polar surface area (TPSA) is 63.0 Å². The van der Waals surface area contributed by atoms with Gasteiger partial charge in [0.25, 0.3) is 0 Å². The minimum Gasteiger partial charge on any atom is -0.457 e. The van der Waals surface area contributed by atoms with Gasteiger partial charge in [0.15, 0.2) is 6.17 Å². The summed E-state index contributed by atoms with van der Waals surface area (Å²) >= 11 is 0. The molecule has 0 saturated heterocycles. The maximum absolute atomic E-state index is 6.99. The molecule has 61 heavy (non-hydrogen) atoms. The fourth-order valence-corrected chi connectivity index (χ4v) is 8.53. The van der Waals surface area contributed by atoms with Crippen LogP contribution >= 0.6 is 0 Å². The zero-order chi connectivity index (χ0) is 42.9. The summed E-state index contributed by atoms with van der Waals surface area (Å²) in [5.41, 5.74) is 3.59. The number of amidine groups is 2. The van der Waals surface area contributed by atoms with Crippen molar-refractivity contribution in [2.75, 3.05) is 0 Å². The predicted octanol–water partition coefficient (Wildman–Crippen LogP) is -4.88. The molecule has 1 unspecified atom stereocenters. The van der Waals surface area contributed by atoms with Crippen molar-refractivity contribution in [1.29, 1.82) is 0 Å². The average Bonchev–Trinajstić information content (AvgIpc) is 3.86. The number of fused-ring (bicyclic) bond motifs is 7. The second-order valence-electron chi connectivity index (χ2n) is 14.9. The normalized spacial score (nSPS) is 14.3. The highest BCUT2D eigenvalue weighted by atomic mass is 16.3. The van der Waals surface area contributed by atoms with E-state index in [0.29, 0.717) is 22.8 Å². The van der Waals surface area contributed by atoms with E-state index in [2.05, 4.69) is 5.32 Å². The van der Waals surface area contributed by atoms with Crippen LogP contribution in [0.25, 0.3) is 65.8 Å². The second kappa shape index (κ2) is 14.2. The van der Waals surface area contributed by atoms with Crippen LogP contribution in [0.1, 0.15) is 22.9 Å². The van der Waals surface area contributed by atoms with Crippen molar-refractivity contribution in [3.63, 3.8) is 0 Å². The van der Waals surface area contributed by atoms with Gasteiger partial charge in [0.05, 0.1) is 0 Å². The van der Waals surface area contributed by atoms with E-state index in [-0.39, 0.29) is 120 Å². The summed E-state index contributed by atoms with van der Waals surface area (Å²) in [6.45, 7) is 0. The molecule has 0 saturated carbocycles. The van der Waals surface area contributed by atoms with Gasteiger partial charge in [0, 0.05) is 32.7 Å². The average molecular weight is 745 g/mol. The summed E-state index contributed by atoms with van der Waals surface area (Å²) in [6.07, 6.45) is -1.11. The molecule has 0 amide bonds. The number of hydrogen-bond donors (Lipinski definition) is 1. The molecular weight excluding hydrogens is 731 g/mol. The number of para-hydroxylation sites is 1. The summed E-state index contributed by atoms with van der Waals surface area (Å²) in [4.78, 5) is 10.3. The summed E-state index contributed by atoms with van der Waals surface area (Å²) < 4.78 is 12.5. The van der Waals surface area contributed by atoms with Gasteiger partial charge >= 0.3 is 0 Å². The zero-order valence-corrected chi connectivity index (χ0v) is 32.2. The van der Waals surface area contributed by atoms with E-state index >= 15 is 0 Å². The van der Waals surface area contributed by atoms with Crippen LogP contribution in [-0.2, 0) is 0 Å². The van der Waals surface area contributed by atoms with E-state index in [4.69, 9.17) is 121 Å². The Morgan fingerprint density at radius 3 is 1.64 bits per heavy atom. The molecule has 2 aromatic heterocycles. The standard InChI is InChI=1S/C43H14B13N3O2/c44-26-19(21-23-24-30(48)34(52)36(54)38(56)40(24)61-39(23)37(55)35(53)28(21)46)20-22(29(47)32(26)50)25(31(49)33(51)27(20)45)43-58-41(13-7-2-1-3-8-13)57-42(59-43)15-10-6-12-17-18(15)14-9-4-5-11-16(14)60-17/h1-12,43H,(H,57,58,59). The van der Waals surface area contributed by atoms with Gasteiger partial charge in [0.2, 0.25) is 0 Å². The molecule has 9 aromatic rings. The molecule has 26 radical (unpaired) electrons. The first-order valence-electron chi connectivity index (χ1n) is 18.8. The van der Waals surface area contributed by atoms with E-state index < -0.39 is 6.17 Å². The first-order valence-corrected chi connectivity index (χ1v) is 18.8. The molecule has 10 rings (SSSR count). The Labute approximate surface area is 368 Å². The smallest absolute Gasteiger partial charge is 0.169 e. The molecule has 0 bridgehead atoms. The number of rotatable bonds is 4. The van der Waals surface area contributed by atoms with Crippen molar-refractivity contribution in [3.8, 4) is 11.1 Å². The van der Waals surface area contributed by atoms with Crippen LogP contribution in [0.15, 0.2) is 91.6 Å². The SMILES string of the molecule is [B]c1c([B])c([B])c2c(oc3c([B])c([B])c([B])c(-c4c([B])c([B])c([B])c5c(C6N=C(c7ccccc7)NC(c7cccc8oc9ccccc9c78)=N6)c([B])c([B])c([B])c45)c32)c1[B]. The van der Waals surface area contributed by atoms with Gasteiger partial charge in [-0.15, -0.1) is 27.3 Å². The molecule has 1 atom stereocenters. The molecular formula is C43H14B13N3O2. The number of furan rings is 2. The van der Waals surface area contributed by atoms with Crippen molar-refractivity contribution >= 4 is 239 Å². The minimum absolute atomic E-state index is 0.00308. The summed E-state index contributed by atoms with van der Waals surface area (Å²) in [6, 6.07) is 23.0. The van der Waals surface area contributed by atoms with Crippen LogP contribution in [0.4, 0.5) is 0 Å². The fourth-order valence-electron chi connectivity index (χ4n) is 8.53. The third-order valence-corrected chi connectivity index (χ3v) is 11.6. The molecule has 0 aliphatic carbocycles. The number of hydrogen-bond acceptors (Lipinski definition) is 5. The number of nitrogens with zero attached hydrogens (tertiary/aromatic N) is 2. The Morgan fingerprint density at radius 2 is 0.918 bits per heavy atom. The Hall–Kier alpha value is -5.62. The lowest BCUT2D eigenvalue weighted by Crippen LogP contribution is -2.49. The van der Waals surface area contributed by atoms with E-state index in [1.54, 1.807) is 0 Å². The lowest BCUT2D eigenvalue weighted by molar-refractivity contribution is 0.669. The van der Waals surface area contributed by atoms with E-state index in [0.717, 1.165) is 21.9 Å². The molecule has 18 heteroatoms. The molecule has 3 heterocycles. The van der Waals surface area contributed by atoms with Crippen LogP contribution in [0.3, 0.4) is 0 Å². The molecule has 1 aliphatic rings. The Bertz CT molecular complexity index is 3510. The molecule has 5 nitrogen and oxygen atoms in total. The van der Waals surface area contributed by atoms with Gasteiger partial charge in [-0.3, -0.25) is 0 Å². The zero-order valence-electron chi connectivity index (χ0n) is 32.2. The van der Waals surface area contributed by atoms with Crippen molar-refractivity contribution in [1.82, 2.24) is 5.32 Å². The van der Waals surface area contributed by atoms with E-state index in [1.165, 1.54) is 0 Å². The first kappa shape index (κ1) is 39.5. The Morgan fingerprint density at radius 1 is 0.393 bits per heavy atom. The molecule has 0 fully saturated rings. The predicted molar refractivity (Wildman–Crippen MR) is 266 cm³/mol. The highest BCUT2D eigenvalue weighted by Gasteiger charge is 2.31. The lowest BCUT2D eigenvalue weighted by Gasteiger charge is -2.30. The monoisotopic (exact) mass is 747 g/mol. The highest BCUT2D eigenvalue weighted by Crippen LogP contribution is 2.37. The summed E-state index contributed by atoms with van der Waals surface area (Å²) in [5.74, 6) is 0.922. The van der Waals surface area contributed by atoms with Crippen LogP contribution in [-0.4, -0.2) is 114 Å². The largest absolute Gasteiger partial charge is 0.457 e. The summed E-state index contributed by atoms with van der Waals surface area (Å²) in [5, 5.41) is 6.13. The van der Waals surface area contributed by atoms with E-state index in [9.17, 15) is 0 Å². The van der Waals surface area contributed by atoms with Gasteiger partial charge in [-0.1, -0.05) is 104 Å². The molecule has 7 aromatic carbocycles. The summed E-state index contributed by atoms with van der Waals surface area (Å²) in [7, 11) is 87.4. The number of nitrogens with one attached hydrogen (secondary N) is 1. The lowest BCUT2D eigenvalue weighted by atomic mass is 9.59. The molecule has 0 spiro atoms. The van der Waals surface area contributed by atoms with Crippen molar-refractivity contribution in [2.24, 2.45) is 9.98 Å². The van der Waals surface area contributed by atoms with Crippen molar-refractivity contribution < 1.29 is 8.83 Å². The van der Waals surface area contributed by atoms with Crippen molar-refractivity contribution in [2.45, 2.75) is 6.17 Å². The Kier molecular flexibility index (Phi) is 9.21. The highest BCUT2D eigenvalue weighted by molar-refractivity contribution is 6.71. The van der Waals surface area contributed by atoms with Gasteiger partial charge in [-0.05, 0) is 39.6 Å². The maximum Gasteiger partial charge on any atom is 0.169 e. The van der Waals surface area contributed by atoms with Gasteiger partial charge < -0.3 is 14.2 Å². The molecule has 252 valence electrons. The maximum atomic E-state index is 6.99. The van der Waals surface area contributed by atoms with Crippen LogP contribution in [0, 0.1) is 0 Å². The van der Waals surface area contributed by atoms with Gasteiger partial charge in [-0.25, -0.2) is 9.98 Å². The van der Waals surface area contributed by atoms with Crippen LogP contribution in [0.5, 0.6) is 0 Å². The third kappa shape index (κ3) is 5.59. The van der Waals surface area contributed by atoms with Crippen molar-refractivity contribution in [3.05, 3.63) is 89.5 Å².